The summed E-state index contributed by atoms with van der Waals surface area (Å²) in [6, 6.07) is 10.7. The highest BCUT2D eigenvalue weighted by Gasteiger charge is 2.10. The number of nitrogens with zero attached hydrogens (tertiary/aromatic N) is 1. The minimum atomic E-state index is 0.210. The van der Waals surface area contributed by atoms with Crippen LogP contribution >= 0.6 is 0 Å². The molecule has 0 radical (unpaired) electrons. The van der Waals surface area contributed by atoms with Crippen LogP contribution in [0.25, 0.3) is 0 Å². The van der Waals surface area contributed by atoms with Gasteiger partial charge >= 0.3 is 0 Å². The number of hydrogen-bond donors (Lipinski definition) is 2. The smallest absolute Gasteiger partial charge is 0.0558 e. The first-order valence-corrected chi connectivity index (χ1v) is 5.29. The van der Waals surface area contributed by atoms with Gasteiger partial charge < -0.3 is 15.3 Å². The molecule has 1 aromatic carbocycles. The van der Waals surface area contributed by atoms with Crippen LogP contribution in [0.4, 0.5) is 0 Å². The fourth-order valence-corrected chi connectivity index (χ4v) is 1.62. The Kier molecular flexibility index (Phi) is 5.32. The molecule has 0 bridgehead atoms. The van der Waals surface area contributed by atoms with Gasteiger partial charge in [-0.2, -0.15) is 0 Å². The quantitative estimate of drug-likeness (QED) is 0.728. The molecule has 1 unspecified atom stereocenters. The van der Waals surface area contributed by atoms with Crippen molar-refractivity contribution in [2.45, 2.75) is 6.04 Å². The highest BCUT2D eigenvalue weighted by molar-refractivity contribution is 5.19. The van der Waals surface area contributed by atoms with E-state index >= 15 is 0 Å². The van der Waals surface area contributed by atoms with Crippen molar-refractivity contribution in [1.82, 2.24) is 10.2 Å². The molecule has 0 spiro atoms. The second-order valence-corrected chi connectivity index (χ2v) is 3.74. The SMILES string of the molecule is CNC(CN(C)CCO)c1ccccc1. The maximum atomic E-state index is 8.83. The molecule has 0 aliphatic carbocycles. The zero-order valence-electron chi connectivity index (χ0n) is 9.48. The second-order valence-electron chi connectivity index (χ2n) is 3.74. The predicted molar refractivity (Wildman–Crippen MR) is 62.8 cm³/mol. The maximum Gasteiger partial charge on any atom is 0.0558 e. The van der Waals surface area contributed by atoms with Crippen LogP contribution in [0.15, 0.2) is 30.3 Å². The highest BCUT2D eigenvalue weighted by Crippen LogP contribution is 2.12. The average molecular weight is 208 g/mol. The number of rotatable bonds is 6. The summed E-state index contributed by atoms with van der Waals surface area (Å²) in [5.74, 6) is 0. The first kappa shape index (κ1) is 12.2. The molecule has 0 fully saturated rings. The third-order valence-corrected chi connectivity index (χ3v) is 2.53. The van der Waals surface area contributed by atoms with Crippen molar-refractivity contribution in [2.24, 2.45) is 0 Å². The fourth-order valence-electron chi connectivity index (χ4n) is 1.62. The van der Waals surface area contributed by atoms with Crippen LogP contribution in [0.3, 0.4) is 0 Å². The van der Waals surface area contributed by atoms with Gasteiger partial charge in [0, 0.05) is 19.1 Å². The Morgan fingerprint density at radius 3 is 2.53 bits per heavy atom. The van der Waals surface area contributed by atoms with Gasteiger partial charge in [0.2, 0.25) is 0 Å². The molecule has 1 atom stereocenters. The lowest BCUT2D eigenvalue weighted by molar-refractivity contribution is 0.210. The molecule has 0 aromatic heterocycles. The van der Waals surface area contributed by atoms with Crippen molar-refractivity contribution < 1.29 is 5.11 Å². The van der Waals surface area contributed by atoms with Crippen LogP contribution in [-0.4, -0.2) is 43.8 Å². The molecule has 3 heteroatoms. The van der Waals surface area contributed by atoms with E-state index in [0.29, 0.717) is 12.6 Å². The van der Waals surface area contributed by atoms with Crippen LogP contribution < -0.4 is 5.32 Å². The lowest BCUT2D eigenvalue weighted by Gasteiger charge is -2.23. The van der Waals surface area contributed by atoms with Gasteiger partial charge in [-0.1, -0.05) is 30.3 Å². The minimum absolute atomic E-state index is 0.210. The highest BCUT2D eigenvalue weighted by atomic mass is 16.3. The Balaban J connectivity index is 2.56. The van der Waals surface area contributed by atoms with Gasteiger partial charge in [-0.25, -0.2) is 0 Å². The van der Waals surface area contributed by atoms with E-state index in [1.807, 2.05) is 32.3 Å². The van der Waals surface area contributed by atoms with Gasteiger partial charge in [-0.3, -0.25) is 0 Å². The van der Waals surface area contributed by atoms with E-state index in [9.17, 15) is 0 Å². The molecule has 84 valence electrons. The molecule has 0 saturated heterocycles. The second kappa shape index (κ2) is 6.56. The first-order chi connectivity index (χ1) is 7.27. The molecule has 1 rings (SSSR count). The van der Waals surface area contributed by atoms with Crippen molar-refractivity contribution in [3.05, 3.63) is 35.9 Å². The monoisotopic (exact) mass is 208 g/mol. The van der Waals surface area contributed by atoms with E-state index in [2.05, 4.69) is 22.3 Å². The van der Waals surface area contributed by atoms with Crippen LogP contribution in [0.2, 0.25) is 0 Å². The molecule has 1 aromatic rings. The summed E-state index contributed by atoms with van der Waals surface area (Å²) in [5, 5.41) is 12.1. The van der Waals surface area contributed by atoms with E-state index in [4.69, 9.17) is 5.11 Å². The Labute approximate surface area is 91.7 Å². The predicted octanol–water partition coefficient (Wildman–Crippen LogP) is 0.871. The van der Waals surface area contributed by atoms with Crippen molar-refractivity contribution in [3.8, 4) is 0 Å². The average Bonchev–Trinajstić information content (AvgIpc) is 2.27. The zero-order valence-corrected chi connectivity index (χ0v) is 9.48. The Bertz CT molecular complexity index is 264. The Morgan fingerprint density at radius 1 is 1.33 bits per heavy atom. The van der Waals surface area contributed by atoms with Gasteiger partial charge in [0.15, 0.2) is 0 Å². The van der Waals surface area contributed by atoms with Crippen molar-refractivity contribution in [1.29, 1.82) is 0 Å². The van der Waals surface area contributed by atoms with E-state index in [-0.39, 0.29) is 6.61 Å². The van der Waals surface area contributed by atoms with E-state index in [1.165, 1.54) is 5.56 Å². The van der Waals surface area contributed by atoms with Crippen LogP contribution in [-0.2, 0) is 0 Å². The van der Waals surface area contributed by atoms with Crippen LogP contribution in [0, 0.1) is 0 Å². The van der Waals surface area contributed by atoms with Crippen molar-refractivity contribution in [2.75, 3.05) is 33.8 Å². The number of aliphatic hydroxyl groups excluding tert-OH is 1. The summed E-state index contributed by atoms with van der Waals surface area (Å²) in [6.45, 7) is 1.83. The summed E-state index contributed by atoms with van der Waals surface area (Å²) >= 11 is 0. The van der Waals surface area contributed by atoms with E-state index < -0.39 is 0 Å². The van der Waals surface area contributed by atoms with E-state index in [0.717, 1.165) is 6.54 Å². The van der Waals surface area contributed by atoms with Crippen molar-refractivity contribution in [3.63, 3.8) is 0 Å². The van der Waals surface area contributed by atoms with Crippen molar-refractivity contribution >= 4 is 0 Å². The third kappa shape index (κ3) is 4.00. The molecule has 0 amide bonds. The molecular weight excluding hydrogens is 188 g/mol. The number of hydrogen-bond acceptors (Lipinski definition) is 3. The molecule has 3 nitrogen and oxygen atoms in total. The van der Waals surface area contributed by atoms with Gasteiger partial charge in [0.05, 0.1) is 6.61 Å². The molecular formula is C12H20N2O. The molecule has 0 aliphatic heterocycles. The Morgan fingerprint density at radius 2 is 2.00 bits per heavy atom. The minimum Gasteiger partial charge on any atom is -0.395 e. The van der Waals surface area contributed by atoms with Gasteiger partial charge in [-0.15, -0.1) is 0 Å². The van der Waals surface area contributed by atoms with Gasteiger partial charge in [-0.05, 0) is 19.7 Å². The summed E-state index contributed by atoms with van der Waals surface area (Å²) < 4.78 is 0. The standard InChI is InChI=1S/C12H20N2O/c1-13-12(10-14(2)8-9-15)11-6-4-3-5-7-11/h3-7,12-13,15H,8-10H2,1-2H3. The molecule has 0 heterocycles. The van der Waals surface area contributed by atoms with E-state index in [1.54, 1.807) is 0 Å². The maximum absolute atomic E-state index is 8.83. The molecule has 0 aliphatic rings. The van der Waals surface area contributed by atoms with Crippen LogP contribution in [0.1, 0.15) is 11.6 Å². The van der Waals surface area contributed by atoms with Crippen LogP contribution in [0.5, 0.6) is 0 Å². The summed E-state index contributed by atoms with van der Waals surface area (Å²) in [4.78, 5) is 2.12. The summed E-state index contributed by atoms with van der Waals surface area (Å²) in [7, 11) is 3.98. The number of aliphatic hydroxyl groups is 1. The first-order valence-electron chi connectivity index (χ1n) is 5.29. The lowest BCUT2D eigenvalue weighted by atomic mass is 10.1. The summed E-state index contributed by atoms with van der Waals surface area (Å²) in [6.07, 6.45) is 0. The zero-order chi connectivity index (χ0) is 11.1. The normalized spacial score (nSPS) is 13.1. The summed E-state index contributed by atoms with van der Waals surface area (Å²) in [5.41, 5.74) is 1.28. The number of likely N-dealkylation sites (N-methyl/N-ethyl adjacent to an activating group) is 2. The largest absolute Gasteiger partial charge is 0.395 e. The topological polar surface area (TPSA) is 35.5 Å². The third-order valence-electron chi connectivity index (χ3n) is 2.53. The van der Waals surface area contributed by atoms with Gasteiger partial charge in [0.1, 0.15) is 0 Å². The number of benzene rings is 1. The Hall–Kier alpha value is -0.900. The van der Waals surface area contributed by atoms with Gasteiger partial charge in [0.25, 0.3) is 0 Å². The molecule has 15 heavy (non-hydrogen) atoms. The molecule has 0 saturated carbocycles. The number of nitrogens with one attached hydrogen (secondary N) is 1. The lowest BCUT2D eigenvalue weighted by Crippen LogP contribution is -2.32. The fraction of sp³-hybridized carbons (Fsp3) is 0.500. The molecule has 2 N–H and O–H groups in total.